The fourth-order valence-electron chi connectivity index (χ4n) is 3.88. The van der Waals surface area contributed by atoms with Crippen molar-refractivity contribution in [1.29, 1.82) is 0 Å². The van der Waals surface area contributed by atoms with E-state index in [0.29, 0.717) is 6.61 Å². The molecule has 3 nitrogen and oxygen atoms in total. The Morgan fingerprint density at radius 1 is 0.893 bits per heavy atom. The van der Waals surface area contributed by atoms with Crippen LogP contribution in [0.1, 0.15) is 88.7 Å². The minimum Gasteiger partial charge on any atom is -0.395 e. The van der Waals surface area contributed by atoms with E-state index in [9.17, 15) is 0 Å². The fourth-order valence-corrected chi connectivity index (χ4v) is 3.88. The van der Waals surface area contributed by atoms with Gasteiger partial charge in [-0.1, -0.05) is 89.0 Å². The number of aryl methyl sites for hydroxylation is 1. The Labute approximate surface area is 179 Å². The molecule has 28 heavy (non-hydrogen) atoms. The van der Waals surface area contributed by atoms with Gasteiger partial charge in [0.25, 0.3) is 0 Å². The molecule has 0 spiro atoms. The van der Waals surface area contributed by atoms with Crippen LogP contribution in [0.15, 0.2) is 24.3 Å². The molecule has 1 saturated heterocycles. The summed E-state index contributed by atoms with van der Waals surface area (Å²) in [7, 11) is 0. The van der Waals surface area contributed by atoms with Crippen LogP contribution in [0.4, 0.5) is 0 Å². The Hall–Kier alpha value is -0.610. The van der Waals surface area contributed by atoms with Crippen LogP contribution in [0, 0.1) is 0 Å². The molecule has 1 heterocycles. The van der Waals surface area contributed by atoms with Gasteiger partial charge in [0.2, 0.25) is 0 Å². The van der Waals surface area contributed by atoms with E-state index in [0.717, 1.165) is 13.0 Å². The number of hydrogen-bond acceptors (Lipinski definition) is 3. The Kier molecular flexibility index (Phi) is 14.7. The second-order valence-corrected chi connectivity index (χ2v) is 8.20. The zero-order valence-corrected chi connectivity index (χ0v) is 18.7. The lowest BCUT2D eigenvalue weighted by Crippen LogP contribution is -2.24. The maximum Gasteiger partial charge on any atom is 0.0721 e. The molecule has 1 aliphatic rings. The summed E-state index contributed by atoms with van der Waals surface area (Å²) in [6.45, 7) is 4.00. The van der Waals surface area contributed by atoms with Crippen LogP contribution in [0.25, 0.3) is 0 Å². The molecule has 0 aromatic heterocycles. The third-order valence-corrected chi connectivity index (χ3v) is 5.73. The first-order valence-corrected chi connectivity index (χ1v) is 11.4. The predicted molar refractivity (Wildman–Crippen MR) is 121 cm³/mol. The fraction of sp³-hybridized carbons (Fsp3) is 0.750. The summed E-state index contributed by atoms with van der Waals surface area (Å²) in [5.41, 5.74) is 2.69. The van der Waals surface area contributed by atoms with Crippen LogP contribution < -0.4 is 5.32 Å². The molecule has 0 saturated carbocycles. The van der Waals surface area contributed by atoms with E-state index in [4.69, 9.17) is 9.84 Å². The summed E-state index contributed by atoms with van der Waals surface area (Å²) < 4.78 is 5.95. The number of hydrogen-bond donors (Lipinski definition) is 2. The van der Waals surface area contributed by atoms with Crippen molar-refractivity contribution in [2.45, 2.75) is 103 Å². The molecule has 2 N–H and O–H groups in total. The molecule has 1 aromatic rings. The first-order chi connectivity index (χ1) is 13.3. The molecule has 1 fully saturated rings. The van der Waals surface area contributed by atoms with E-state index in [1.54, 1.807) is 0 Å². The van der Waals surface area contributed by atoms with Crippen LogP contribution in [-0.2, 0) is 17.8 Å². The maximum absolute atomic E-state index is 9.15. The van der Waals surface area contributed by atoms with Crippen molar-refractivity contribution in [3.8, 4) is 0 Å². The highest BCUT2D eigenvalue weighted by atomic mass is 35.5. The number of ether oxygens (including phenoxy) is 1. The highest BCUT2D eigenvalue weighted by Gasteiger charge is 2.23. The molecule has 0 bridgehead atoms. The number of rotatable bonds is 15. The zero-order valence-electron chi connectivity index (χ0n) is 17.8. The number of halogens is 1. The lowest BCUT2D eigenvalue weighted by atomic mass is 10.0. The van der Waals surface area contributed by atoms with Gasteiger partial charge in [-0.05, 0) is 30.4 Å². The Morgan fingerprint density at radius 3 is 2.04 bits per heavy atom. The average Bonchev–Trinajstić information content (AvgIpc) is 3.17. The summed E-state index contributed by atoms with van der Waals surface area (Å²) in [5, 5.41) is 12.4. The van der Waals surface area contributed by atoms with Crippen LogP contribution in [0.5, 0.6) is 0 Å². The lowest BCUT2D eigenvalue weighted by Gasteiger charge is -2.11. The smallest absolute Gasteiger partial charge is 0.0721 e. The molecule has 1 aliphatic heterocycles. The van der Waals surface area contributed by atoms with E-state index in [-0.39, 0.29) is 31.2 Å². The minimum absolute atomic E-state index is 0. The molecular formula is C24H42ClNO2. The van der Waals surface area contributed by atoms with Crippen molar-refractivity contribution in [2.75, 3.05) is 13.2 Å². The maximum atomic E-state index is 9.15. The van der Waals surface area contributed by atoms with Crippen molar-refractivity contribution < 1.29 is 9.84 Å². The van der Waals surface area contributed by atoms with E-state index in [1.807, 2.05) is 0 Å². The van der Waals surface area contributed by atoms with Gasteiger partial charge >= 0.3 is 0 Å². The first kappa shape index (κ1) is 25.4. The lowest BCUT2D eigenvalue weighted by molar-refractivity contribution is 0.0512. The van der Waals surface area contributed by atoms with Crippen molar-refractivity contribution in [3.63, 3.8) is 0 Å². The molecule has 2 rings (SSSR count). The van der Waals surface area contributed by atoms with Gasteiger partial charge in [0, 0.05) is 12.6 Å². The molecule has 1 aromatic carbocycles. The highest BCUT2D eigenvalue weighted by molar-refractivity contribution is 5.85. The van der Waals surface area contributed by atoms with Crippen LogP contribution in [-0.4, -0.2) is 30.4 Å². The Bertz CT molecular complexity index is 480. The minimum atomic E-state index is 0. The topological polar surface area (TPSA) is 41.5 Å². The van der Waals surface area contributed by atoms with Crippen molar-refractivity contribution in [1.82, 2.24) is 5.32 Å². The van der Waals surface area contributed by atoms with Gasteiger partial charge in [-0.15, -0.1) is 12.4 Å². The largest absolute Gasteiger partial charge is 0.395 e. The van der Waals surface area contributed by atoms with Crippen LogP contribution >= 0.6 is 12.4 Å². The normalized spacial score (nSPS) is 18.9. The monoisotopic (exact) mass is 411 g/mol. The van der Waals surface area contributed by atoms with Crippen LogP contribution in [0.3, 0.4) is 0 Å². The summed E-state index contributed by atoms with van der Waals surface area (Å²) in [6, 6.07) is 9.14. The number of aliphatic hydroxyl groups is 1. The second-order valence-electron chi connectivity index (χ2n) is 8.20. The molecular weight excluding hydrogens is 370 g/mol. The van der Waals surface area contributed by atoms with E-state index < -0.39 is 0 Å². The predicted octanol–water partition coefficient (Wildman–Crippen LogP) is 5.81. The zero-order chi connectivity index (χ0) is 19.2. The number of benzene rings is 1. The molecule has 0 aliphatic carbocycles. The molecule has 0 radical (unpaired) electrons. The van der Waals surface area contributed by atoms with Gasteiger partial charge < -0.3 is 15.2 Å². The standard InChI is InChI=1S/C24H41NO2.ClH/c1-2-3-4-5-6-7-8-9-10-11-12-21-13-15-22(16-14-21)20-27-24-17-23(19-26)25-18-24;/h13-16,23-26H,2-12,17-20H2,1H3;1H/t23-,24+;/m1./s1. The summed E-state index contributed by atoms with van der Waals surface area (Å²) in [4.78, 5) is 0. The third kappa shape index (κ3) is 10.8. The number of aliphatic hydroxyl groups excluding tert-OH is 1. The third-order valence-electron chi connectivity index (χ3n) is 5.73. The Balaban J connectivity index is 0.00000392. The first-order valence-electron chi connectivity index (χ1n) is 11.4. The van der Waals surface area contributed by atoms with Crippen LogP contribution in [0.2, 0.25) is 0 Å². The number of unbranched alkanes of at least 4 members (excludes halogenated alkanes) is 9. The summed E-state index contributed by atoms with van der Waals surface area (Å²) in [6.07, 6.45) is 16.3. The summed E-state index contributed by atoms with van der Waals surface area (Å²) >= 11 is 0. The van der Waals surface area contributed by atoms with Gasteiger partial charge in [0.05, 0.1) is 19.3 Å². The van der Waals surface area contributed by atoms with Gasteiger partial charge in [-0.25, -0.2) is 0 Å². The van der Waals surface area contributed by atoms with Gasteiger partial charge in [0.1, 0.15) is 0 Å². The SMILES string of the molecule is CCCCCCCCCCCCc1ccc(CO[C@@H]2CN[C@@H](CO)C2)cc1.Cl. The van der Waals surface area contributed by atoms with E-state index >= 15 is 0 Å². The summed E-state index contributed by atoms with van der Waals surface area (Å²) in [5.74, 6) is 0. The van der Waals surface area contributed by atoms with E-state index in [2.05, 4.69) is 36.5 Å². The second kappa shape index (κ2) is 16.2. The quantitative estimate of drug-likeness (QED) is 0.358. The van der Waals surface area contributed by atoms with Gasteiger partial charge in [-0.3, -0.25) is 0 Å². The molecule has 0 unspecified atom stereocenters. The molecule has 4 heteroatoms. The van der Waals surface area contributed by atoms with E-state index in [1.165, 1.54) is 81.8 Å². The Morgan fingerprint density at radius 2 is 1.46 bits per heavy atom. The molecule has 162 valence electrons. The molecule has 0 amide bonds. The highest BCUT2D eigenvalue weighted by Crippen LogP contribution is 2.15. The van der Waals surface area contributed by atoms with Crippen molar-refractivity contribution >= 4 is 12.4 Å². The van der Waals surface area contributed by atoms with Crippen molar-refractivity contribution in [3.05, 3.63) is 35.4 Å². The average molecular weight is 412 g/mol. The van der Waals surface area contributed by atoms with Crippen molar-refractivity contribution in [2.24, 2.45) is 0 Å². The number of nitrogens with one attached hydrogen (secondary N) is 1. The molecule has 2 atom stereocenters. The van der Waals surface area contributed by atoms with Gasteiger partial charge in [-0.2, -0.15) is 0 Å². The van der Waals surface area contributed by atoms with Gasteiger partial charge in [0.15, 0.2) is 0 Å².